The van der Waals surface area contributed by atoms with Crippen molar-refractivity contribution < 1.29 is 4.74 Å². The van der Waals surface area contributed by atoms with Gasteiger partial charge in [-0.1, -0.05) is 24.3 Å². The van der Waals surface area contributed by atoms with Crippen LogP contribution in [0.4, 0.5) is 23.3 Å². The third-order valence-corrected chi connectivity index (χ3v) is 6.04. The van der Waals surface area contributed by atoms with Crippen LogP contribution >= 0.6 is 0 Å². The van der Waals surface area contributed by atoms with Crippen molar-refractivity contribution in [1.29, 1.82) is 0 Å². The molecule has 36 heavy (non-hydrogen) atoms. The van der Waals surface area contributed by atoms with Crippen molar-refractivity contribution in [3.63, 3.8) is 0 Å². The van der Waals surface area contributed by atoms with E-state index in [1.807, 2.05) is 43.3 Å². The van der Waals surface area contributed by atoms with Crippen molar-refractivity contribution in [2.24, 2.45) is 0 Å². The second-order valence-electron chi connectivity index (χ2n) is 8.51. The molecular formula is C26H25N9O. The molecule has 0 amide bonds. The molecule has 0 aliphatic carbocycles. The van der Waals surface area contributed by atoms with Gasteiger partial charge in [0.1, 0.15) is 11.6 Å². The number of morpholine rings is 1. The van der Waals surface area contributed by atoms with E-state index in [2.05, 4.69) is 53.2 Å². The third-order valence-electron chi connectivity index (χ3n) is 6.04. The van der Waals surface area contributed by atoms with Gasteiger partial charge in [-0.25, -0.2) is 15.0 Å². The largest absolute Gasteiger partial charge is 0.371 e. The van der Waals surface area contributed by atoms with Crippen molar-refractivity contribution in [3.8, 4) is 11.4 Å². The molecule has 1 aliphatic rings. The molecule has 6 rings (SSSR count). The number of fused-ring (bicyclic) bond motifs is 1. The van der Waals surface area contributed by atoms with Crippen LogP contribution in [-0.4, -0.2) is 49.8 Å². The zero-order valence-corrected chi connectivity index (χ0v) is 19.7. The van der Waals surface area contributed by atoms with E-state index in [-0.39, 0.29) is 6.10 Å². The maximum atomic E-state index is 5.82. The van der Waals surface area contributed by atoms with Gasteiger partial charge in [0.15, 0.2) is 5.82 Å². The van der Waals surface area contributed by atoms with Gasteiger partial charge in [-0.15, -0.1) is 0 Å². The molecule has 2 aromatic carbocycles. The van der Waals surface area contributed by atoms with Crippen LogP contribution < -0.4 is 16.0 Å². The third kappa shape index (κ3) is 4.59. The van der Waals surface area contributed by atoms with E-state index in [4.69, 9.17) is 9.72 Å². The molecule has 10 nitrogen and oxygen atoms in total. The number of aryl methyl sites for hydroxylation is 1. The molecule has 10 heteroatoms. The number of ether oxygens (including phenoxy) is 1. The number of nitrogens with zero attached hydrogens (tertiary/aromatic N) is 5. The summed E-state index contributed by atoms with van der Waals surface area (Å²) >= 11 is 0. The maximum absolute atomic E-state index is 5.82. The van der Waals surface area contributed by atoms with Crippen molar-refractivity contribution in [1.82, 2.24) is 35.5 Å². The number of benzene rings is 2. The SMILES string of the molecule is Cc1[nH]nc2cccc(-c3nccc(Nc4ccnc(Nc5ccc(C6CNCCO6)cc5)n4)n3)c12. The van der Waals surface area contributed by atoms with Gasteiger partial charge in [0.2, 0.25) is 5.95 Å². The summed E-state index contributed by atoms with van der Waals surface area (Å²) in [6.07, 6.45) is 3.51. The van der Waals surface area contributed by atoms with Crippen molar-refractivity contribution in [2.75, 3.05) is 30.3 Å². The first-order valence-electron chi connectivity index (χ1n) is 11.8. The number of H-pyrrole nitrogens is 1. The monoisotopic (exact) mass is 479 g/mol. The fourth-order valence-corrected chi connectivity index (χ4v) is 4.28. The molecule has 4 heterocycles. The predicted molar refractivity (Wildman–Crippen MR) is 138 cm³/mol. The number of anilines is 4. The summed E-state index contributed by atoms with van der Waals surface area (Å²) in [6.45, 7) is 4.44. The Balaban J connectivity index is 1.18. The molecule has 1 saturated heterocycles. The summed E-state index contributed by atoms with van der Waals surface area (Å²) in [5, 5.41) is 18.3. The molecule has 1 fully saturated rings. The molecule has 1 aliphatic heterocycles. The molecule has 0 spiro atoms. The van der Waals surface area contributed by atoms with E-state index in [1.165, 1.54) is 0 Å². The second-order valence-corrected chi connectivity index (χ2v) is 8.51. The standard InChI is InChI=1S/C26H25N9O/c1-16-24-19(3-2-4-20(24)35-34-16)25-28-11-9-22(32-25)31-23-10-12-29-26(33-23)30-18-7-5-17(6-8-18)21-15-27-13-14-36-21/h2-12,21,27H,13-15H2,1H3,(H,34,35)(H2,28,29,30,31,32,33). The smallest absolute Gasteiger partial charge is 0.229 e. The molecule has 5 aromatic rings. The van der Waals surface area contributed by atoms with Gasteiger partial charge in [0, 0.05) is 47.8 Å². The van der Waals surface area contributed by atoms with Gasteiger partial charge in [-0.2, -0.15) is 10.1 Å². The van der Waals surface area contributed by atoms with Crippen LogP contribution in [0, 0.1) is 6.92 Å². The molecule has 0 radical (unpaired) electrons. The first-order valence-corrected chi connectivity index (χ1v) is 11.8. The number of aromatic amines is 1. The Hall–Kier alpha value is -4.41. The summed E-state index contributed by atoms with van der Waals surface area (Å²) in [4.78, 5) is 18.1. The predicted octanol–water partition coefficient (Wildman–Crippen LogP) is 4.27. The fraction of sp³-hybridized carbons (Fsp3) is 0.192. The average molecular weight is 480 g/mol. The van der Waals surface area contributed by atoms with E-state index >= 15 is 0 Å². The topological polar surface area (TPSA) is 126 Å². The van der Waals surface area contributed by atoms with Crippen molar-refractivity contribution >= 4 is 34.2 Å². The summed E-state index contributed by atoms with van der Waals surface area (Å²) in [7, 11) is 0. The number of hydrogen-bond donors (Lipinski definition) is 4. The van der Waals surface area contributed by atoms with E-state index < -0.39 is 0 Å². The summed E-state index contributed by atoms with van der Waals surface area (Å²) in [5.41, 5.74) is 4.82. The Morgan fingerprint density at radius 1 is 0.917 bits per heavy atom. The Kier molecular flexibility index (Phi) is 5.94. The molecule has 3 aromatic heterocycles. The Morgan fingerprint density at radius 2 is 1.75 bits per heavy atom. The number of aromatic nitrogens is 6. The van der Waals surface area contributed by atoms with Crippen LogP contribution in [0.15, 0.2) is 67.0 Å². The van der Waals surface area contributed by atoms with Crippen molar-refractivity contribution in [3.05, 3.63) is 78.2 Å². The van der Waals surface area contributed by atoms with Gasteiger partial charge >= 0.3 is 0 Å². The van der Waals surface area contributed by atoms with Crippen LogP contribution in [0.1, 0.15) is 17.4 Å². The minimum atomic E-state index is 0.0822. The Bertz CT molecular complexity index is 1490. The zero-order valence-electron chi connectivity index (χ0n) is 19.7. The highest BCUT2D eigenvalue weighted by molar-refractivity contribution is 5.94. The average Bonchev–Trinajstić information content (AvgIpc) is 3.31. The highest BCUT2D eigenvalue weighted by Gasteiger charge is 2.15. The van der Waals surface area contributed by atoms with Crippen LogP contribution in [-0.2, 0) is 4.74 Å². The van der Waals surface area contributed by atoms with E-state index in [0.717, 1.165) is 53.1 Å². The molecule has 1 atom stereocenters. The minimum absolute atomic E-state index is 0.0822. The lowest BCUT2D eigenvalue weighted by Crippen LogP contribution is -2.33. The summed E-state index contributed by atoms with van der Waals surface area (Å²) in [5.74, 6) is 2.34. The van der Waals surface area contributed by atoms with Crippen LogP contribution in [0.2, 0.25) is 0 Å². The lowest BCUT2D eigenvalue weighted by molar-refractivity contribution is 0.0277. The number of nitrogens with one attached hydrogen (secondary N) is 4. The minimum Gasteiger partial charge on any atom is -0.371 e. The maximum Gasteiger partial charge on any atom is 0.229 e. The van der Waals surface area contributed by atoms with Gasteiger partial charge in [0.05, 0.1) is 18.2 Å². The number of rotatable bonds is 6. The lowest BCUT2D eigenvalue weighted by Gasteiger charge is -2.24. The van der Waals surface area contributed by atoms with E-state index in [0.29, 0.717) is 23.4 Å². The first-order chi connectivity index (χ1) is 17.7. The highest BCUT2D eigenvalue weighted by Crippen LogP contribution is 2.28. The molecule has 4 N–H and O–H groups in total. The molecule has 0 saturated carbocycles. The van der Waals surface area contributed by atoms with Crippen molar-refractivity contribution in [2.45, 2.75) is 13.0 Å². The van der Waals surface area contributed by atoms with Crippen LogP contribution in [0.5, 0.6) is 0 Å². The van der Waals surface area contributed by atoms with Crippen LogP contribution in [0.3, 0.4) is 0 Å². The molecule has 1 unspecified atom stereocenters. The highest BCUT2D eigenvalue weighted by atomic mass is 16.5. The normalized spacial score (nSPS) is 15.6. The van der Waals surface area contributed by atoms with Gasteiger partial charge in [-0.3, -0.25) is 5.10 Å². The summed E-state index contributed by atoms with van der Waals surface area (Å²) in [6, 6.07) is 17.7. The molecular weight excluding hydrogens is 454 g/mol. The van der Waals surface area contributed by atoms with Gasteiger partial charge < -0.3 is 20.7 Å². The molecule has 180 valence electrons. The fourth-order valence-electron chi connectivity index (χ4n) is 4.28. The van der Waals surface area contributed by atoms with Gasteiger partial charge in [0.25, 0.3) is 0 Å². The quantitative estimate of drug-likeness (QED) is 0.282. The Morgan fingerprint density at radius 3 is 2.58 bits per heavy atom. The Labute approximate surface area is 207 Å². The number of hydrogen-bond acceptors (Lipinski definition) is 9. The first kappa shape index (κ1) is 22.1. The zero-order chi connectivity index (χ0) is 24.3. The molecule has 0 bridgehead atoms. The van der Waals surface area contributed by atoms with Gasteiger partial charge in [-0.05, 0) is 42.8 Å². The van der Waals surface area contributed by atoms with E-state index in [9.17, 15) is 0 Å². The lowest BCUT2D eigenvalue weighted by atomic mass is 10.1. The van der Waals surface area contributed by atoms with E-state index in [1.54, 1.807) is 18.5 Å². The summed E-state index contributed by atoms with van der Waals surface area (Å²) < 4.78 is 5.82. The second kappa shape index (κ2) is 9.68. The van der Waals surface area contributed by atoms with Crippen LogP contribution in [0.25, 0.3) is 22.3 Å².